The van der Waals surface area contributed by atoms with Gasteiger partial charge in [-0.2, -0.15) is 5.10 Å². The minimum Gasteiger partial charge on any atom is -0.311 e. The summed E-state index contributed by atoms with van der Waals surface area (Å²) >= 11 is 0. The Morgan fingerprint density at radius 3 is 2.76 bits per heavy atom. The van der Waals surface area contributed by atoms with E-state index >= 15 is 0 Å². The zero-order valence-electron chi connectivity index (χ0n) is 12.6. The number of para-hydroxylation sites is 1. The molecule has 0 radical (unpaired) electrons. The van der Waals surface area contributed by atoms with Crippen molar-refractivity contribution in [2.75, 3.05) is 6.54 Å². The maximum absolute atomic E-state index is 4.81. The Morgan fingerprint density at radius 1 is 1.10 bits per heavy atom. The van der Waals surface area contributed by atoms with Gasteiger partial charge in [0.25, 0.3) is 0 Å². The number of aromatic nitrogens is 2. The van der Waals surface area contributed by atoms with Crippen LogP contribution in [0.25, 0.3) is 10.9 Å². The van der Waals surface area contributed by atoms with Crippen LogP contribution in [-0.4, -0.2) is 16.3 Å². The number of benzene rings is 2. The van der Waals surface area contributed by atoms with Crippen molar-refractivity contribution in [1.29, 1.82) is 0 Å². The lowest BCUT2D eigenvalue weighted by Gasteiger charge is -2.04. The Labute approximate surface area is 125 Å². The van der Waals surface area contributed by atoms with Crippen LogP contribution in [0.1, 0.15) is 23.7 Å². The average Bonchev–Trinajstić information content (AvgIpc) is 2.84. The van der Waals surface area contributed by atoms with Gasteiger partial charge < -0.3 is 5.32 Å². The number of nitrogens with zero attached hydrogens (tertiary/aromatic N) is 2. The molecule has 0 bridgehead atoms. The van der Waals surface area contributed by atoms with Crippen LogP contribution in [0.15, 0.2) is 48.5 Å². The molecule has 3 aromatic rings. The number of fused-ring (bicyclic) bond motifs is 1. The summed E-state index contributed by atoms with van der Waals surface area (Å²) in [6.07, 6.45) is 0. The van der Waals surface area contributed by atoms with Crippen molar-refractivity contribution in [3.05, 3.63) is 65.4 Å². The molecular weight excluding hydrogens is 258 g/mol. The quantitative estimate of drug-likeness (QED) is 0.774. The van der Waals surface area contributed by atoms with Crippen LogP contribution < -0.4 is 5.32 Å². The van der Waals surface area contributed by atoms with Gasteiger partial charge in [0.1, 0.15) is 0 Å². The molecular formula is C18H21N3. The van der Waals surface area contributed by atoms with Crippen LogP contribution in [0.4, 0.5) is 0 Å². The van der Waals surface area contributed by atoms with E-state index in [4.69, 9.17) is 5.10 Å². The predicted molar refractivity (Wildman–Crippen MR) is 87.4 cm³/mol. The molecule has 1 aromatic heterocycles. The second-order valence-corrected chi connectivity index (χ2v) is 5.39. The Hall–Kier alpha value is -2.13. The summed E-state index contributed by atoms with van der Waals surface area (Å²) in [6.45, 7) is 6.83. The minimum absolute atomic E-state index is 0.814. The topological polar surface area (TPSA) is 29.9 Å². The second kappa shape index (κ2) is 6.10. The average molecular weight is 279 g/mol. The van der Waals surface area contributed by atoms with Crippen LogP contribution in [0, 0.1) is 6.92 Å². The Balaban J connectivity index is 1.98. The lowest BCUT2D eigenvalue weighted by molar-refractivity contribution is 0.657. The standard InChI is InChI=1S/C18H21N3/c1-3-19-12-17-16-9-4-5-10-18(16)21(20-17)13-15-8-6-7-14(2)11-15/h4-11,19H,3,12-13H2,1-2H3. The van der Waals surface area contributed by atoms with Gasteiger partial charge in [-0.1, -0.05) is 55.0 Å². The highest BCUT2D eigenvalue weighted by molar-refractivity contribution is 5.82. The first-order valence-electron chi connectivity index (χ1n) is 7.48. The first kappa shape index (κ1) is 13.8. The Bertz CT molecular complexity index is 743. The summed E-state index contributed by atoms with van der Waals surface area (Å²) in [6, 6.07) is 17.1. The normalized spacial score (nSPS) is 11.1. The fourth-order valence-electron chi connectivity index (χ4n) is 2.67. The van der Waals surface area contributed by atoms with Crippen LogP contribution in [0.2, 0.25) is 0 Å². The molecule has 3 nitrogen and oxygen atoms in total. The molecule has 0 aliphatic rings. The van der Waals surface area contributed by atoms with E-state index in [0.29, 0.717) is 0 Å². The number of aryl methyl sites for hydroxylation is 1. The van der Waals surface area contributed by atoms with Crippen LogP contribution in [0.5, 0.6) is 0 Å². The Kier molecular flexibility index (Phi) is 4.02. The number of nitrogens with one attached hydrogen (secondary N) is 1. The molecule has 2 aromatic carbocycles. The molecule has 0 fully saturated rings. The largest absolute Gasteiger partial charge is 0.311 e. The maximum atomic E-state index is 4.81. The van der Waals surface area contributed by atoms with E-state index in [1.54, 1.807) is 0 Å². The lowest BCUT2D eigenvalue weighted by Crippen LogP contribution is -2.13. The minimum atomic E-state index is 0.814. The predicted octanol–water partition coefficient (Wildman–Crippen LogP) is 3.50. The SMILES string of the molecule is CCNCc1nn(Cc2cccc(C)c2)c2ccccc12. The van der Waals surface area contributed by atoms with E-state index in [9.17, 15) is 0 Å². The smallest absolute Gasteiger partial charge is 0.0841 e. The molecule has 1 heterocycles. The van der Waals surface area contributed by atoms with Crippen molar-refractivity contribution < 1.29 is 0 Å². The van der Waals surface area contributed by atoms with Crippen molar-refractivity contribution in [1.82, 2.24) is 15.1 Å². The van der Waals surface area contributed by atoms with Crippen molar-refractivity contribution in [2.24, 2.45) is 0 Å². The summed E-state index contributed by atoms with van der Waals surface area (Å²) in [4.78, 5) is 0. The van der Waals surface area contributed by atoms with Gasteiger partial charge in [0.15, 0.2) is 0 Å². The molecule has 21 heavy (non-hydrogen) atoms. The van der Waals surface area contributed by atoms with Gasteiger partial charge in [0, 0.05) is 11.9 Å². The second-order valence-electron chi connectivity index (χ2n) is 5.39. The molecule has 0 saturated carbocycles. The van der Waals surface area contributed by atoms with Gasteiger partial charge >= 0.3 is 0 Å². The summed E-state index contributed by atoms with van der Waals surface area (Å²) in [5, 5.41) is 9.41. The molecule has 0 aliphatic heterocycles. The van der Waals surface area contributed by atoms with E-state index in [0.717, 1.165) is 25.3 Å². The molecule has 0 amide bonds. The van der Waals surface area contributed by atoms with E-state index < -0.39 is 0 Å². The van der Waals surface area contributed by atoms with Gasteiger partial charge in [-0.25, -0.2) is 0 Å². The first-order chi connectivity index (χ1) is 10.3. The van der Waals surface area contributed by atoms with Crippen molar-refractivity contribution in [2.45, 2.75) is 26.9 Å². The Morgan fingerprint density at radius 2 is 1.95 bits per heavy atom. The number of hydrogen-bond acceptors (Lipinski definition) is 2. The number of rotatable bonds is 5. The molecule has 0 unspecified atom stereocenters. The van der Waals surface area contributed by atoms with Crippen molar-refractivity contribution in [3.8, 4) is 0 Å². The highest BCUT2D eigenvalue weighted by atomic mass is 15.3. The number of hydrogen-bond donors (Lipinski definition) is 1. The summed E-state index contributed by atoms with van der Waals surface area (Å²) in [5.74, 6) is 0. The molecule has 3 heteroatoms. The van der Waals surface area contributed by atoms with Crippen LogP contribution in [-0.2, 0) is 13.1 Å². The zero-order chi connectivity index (χ0) is 14.7. The van der Waals surface area contributed by atoms with Gasteiger partial charge in [0.05, 0.1) is 17.8 Å². The van der Waals surface area contributed by atoms with E-state index in [1.165, 1.54) is 22.0 Å². The van der Waals surface area contributed by atoms with Crippen LogP contribution >= 0.6 is 0 Å². The summed E-state index contributed by atoms with van der Waals surface area (Å²) in [5.41, 5.74) is 4.90. The van der Waals surface area contributed by atoms with E-state index in [1.807, 2.05) is 0 Å². The summed E-state index contributed by atoms with van der Waals surface area (Å²) < 4.78 is 2.11. The maximum Gasteiger partial charge on any atom is 0.0841 e. The zero-order valence-corrected chi connectivity index (χ0v) is 12.6. The molecule has 0 saturated heterocycles. The molecule has 3 rings (SSSR count). The lowest BCUT2D eigenvalue weighted by atomic mass is 10.1. The highest BCUT2D eigenvalue weighted by Crippen LogP contribution is 2.19. The van der Waals surface area contributed by atoms with Gasteiger partial charge in [-0.05, 0) is 25.1 Å². The third kappa shape index (κ3) is 2.98. The van der Waals surface area contributed by atoms with Gasteiger partial charge in [-0.3, -0.25) is 4.68 Å². The molecule has 0 aliphatic carbocycles. The third-order valence-electron chi connectivity index (χ3n) is 3.69. The molecule has 108 valence electrons. The third-order valence-corrected chi connectivity index (χ3v) is 3.69. The first-order valence-corrected chi connectivity index (χ1v) is 7.48. The highest BCUT2D eigenvalue weighted by Gasteiger charge is 2.09. The van der Waals surface area contributed by atoms with Crippen molar-refractivity contribution in [3.63, 3.8) is 0 Å². The van der Waals surface area contributed by atoms with Crippen molar-refractivity contribution >= 4 is 10.9 Å². The fraction of sp³-hybridized carbons (Fsp3) is 0.278. The molecule has 0 spiro atoms. The molecule has 1 N–H and O–H groups in total. The van der Waals surface area contributed by atoms with Gasteiger partial charge in [-0.15, -0.1) is 0 Å². The van der Waals surface area contributed by atoms with E-state index in [-0.39, 0.29) is 0 Å². The van der Waals surface area contributed by atoms with Crippen LogP contribution in [0.3, 0.4) is 0 Å². The fourth-order valence-corrected chi connectivity index (χ4v) is 2.67. The van der Waals surface area contributed by atoms with Gasteiger partial charge in [0.2, 0.25) is 0 Å². The molecule has 0 atom stereocenters. The van der Waals surface area contributed by atoms with E-state index in [2.05, 4.69) is 72.4 Å². The summed E-state index contributed by atoms with van der Waals surface area (Å²) in [7, 11) is 0. The monoisotopic (exact) mass is 279 g/mol.